The number of fused-ring (bicyclic) bond motifs is 3. The highest BCUT2D eigenvalue weighted by Gasteiger charge is 2.17. The number of hydrogen-bond donors (Lipinski definition) is 1. The van der Waals surface area contributed by atoms with Gasteiger partial charge in [0.2, 0.25) is 5.62 Å². The predicted octanol–water partition coefficient (Wildman–Crippen LogP) is 3.58. The van der Waals surface area contributed by atoms with Crippen LogP contribution in [0.25, 0.3) is 38.9 Å². The molecule has 0 aliphatic carbocycles. The first-order valence-electron chi connectivity index (χ1n) is 9.54. The van der Waals surface area contributed by atoms with Crippen LogP contribution in [0.2, 0.25) is 0 Å². The van der Waals surface area contributed by atoms with E-state index in [0.717, 1.165) is 44.4 Å². The lowest BCUT2D eigenvalue weighted by atomic mass is 10.1. The predicted molar refractivity (Wildman–Crippen MR) is 115 cm³/mol. The summed E-state index contributed by atoms with van der Waals surface area (Å²) in [6.45, 7) is 1.99. The van der Waals surface area contributed by atoms with E-state index in [1.165, 1.54) is 0 Å². The minimum absolute atomic E-state index is 0.323. The van der Waals surface area contributed by atoms with Crippen molar-refractivity contribution >= 4 is 21.9 Å². The molecule has 146 valence electrons. The number of benzene rings is 2. The second kappa shape index (κ2) is 6.42. The zero-order valence-corrected chi connectivity index (χ0v) is 16.9. The van der Waals surface area contributed by atoms with Gasteiger partial charge in [0.05, 0.1) is 45.8 Å². The maximum absolute atomic E-state index is 9.40. The Hall–Kier alpha value is -4.18. The number of nitrogens with one attached hydrogen (secondary N) is 1. The van der Waals surface area contributed by atoms with Gasteiger partial charge in [0, 0.05) is 31.2 Å². The highest BCUT2D eigenvalue weighted by molar-refractivity contribution is 6.04. The van der Waals surface area contributed by atoms with Crippen LogP contribution in [0.1, 0.15) is 11.1 Å². The molecule has 0 saturated carbocycles. The quantitative estimate of drug-likeness (QED) is 0.497. The first-order chi connectivity index (χ1) is 14.5. The van der Waals surface area contributed by atoms with Crippen molar-refractivity contribution in [1.82, 2.24) is 23.9 Å². The van der Waals surface area contributed by atoms with Crippen LogP contribution in [-0.2, 0) is 14.1 Å². The second-order valence-corrected chi connectivity index (χ2v) is 7.40. The van der Waals surface area contributed by atoms with Crippen LogP contribution in [0.5, 0.6) is 0 Å². The van der Waals surface area contributed by atoms with Crippen molar-refractivity contribution in [3.05, 3.63) is 71.6 Å². The summed E-state index contributed by atoms with van der Waals surface area (Å²) in [5.74, 6) is 0. The molecule has 30 heavy (non-hydrogen) atoms. The van der Waals surface area contributed by atoms with Gasteiger partial charge in [0.1, 0.15) is 0 Å². The molecular formula is C23H19N7. The summed E-state index contributed by atoms with van der Waals surface area (Å²) < 4.78 is 5.56. The van der Waals surface area contributed by atoms with Gasteiger partial charge < -0.3 is 4.57 Å². The minimum atomic E-state index is 0.323. The zero-order chi connectivity index (χ0) is 21.0. The summed E-state index contributed by atoms with van der Waals surface area (Å²) in [7, 11) is 3.78. The van der Waals surface area contributed by atoms with E-state index in [-0.39, 0.29) is 0 Å². The number of pyridine rings is 1. The SMILES string of the molecule is Cc1ccc(C#N)cc1-n1c(=N)n(C)c2cnc3ccc(-c4ccnn4C)cc3c21. The molecule has 0 atom stereocenters. The monoisotopic (exact) mass is 393 g/mol. The summed E-state index contributed by atoms with van der Waals surface area (Å²) >= 11 is 0. The molecule has 3 aromatic heterocycles. The largest absolute Gasteiger partial charge is 0.312 e. The molecule has 1 N–H and O–H groups in total. The van der Waals surface area contributed by atoms with Crippen molar-refractivity contribution in [2.45, 2.75) is 6.92 Å². The van der Waals surface area contributed by atoms with Crippen molar-refractivity contribution in [3.8, 4) is 23.0 Å². The number of aromatic nitrogens is 5. The van der Waals surface area contributed by atoms with Gasteiger partial charge in [-0.05, 0) is 42.8 Å². The fraction of sp³-hybridized carbons (Fsp3) is 0.130. The van der Waals surface area contributed by atoms with Crippen LogP contribution in [0.4, 0.5) is 0 Å². The Bertz CT molecular complexity index is 1560. The van der Waals surface area contributed by atoms with E-state index in [0.29, 0.717) is 11.2 Å². The van der Waals surface area contributed by atoms with E-state index in [2.05, 4.69) is 22.2 Å². The molecule has 0 aliphatic rings. The van der Waals surface area contributed by atoms with Crippen molar-refractivity contribution in [1.29, 1.82) is 10.7 Å². The fourth-order valence-corrected chi connectivity index (χ4v) is 3.99. The first kappa shape index (κ1) is 17.9. The Morgan fingerprint density at radius 3 is 2.63 bits per heavy atom. The van der Waals surface area contributed by atoms with Gasteiger partial charge in [0.25, 0.3) is 0 Å². The highest BCUT2D eigenvalue weighted by atomic mass is 15.3. The molecule has 0 amide bonds. The van der Waals surface area contributed by atoms with E-state index >= 15 is 0 Å². The smallest absolute Gasteiger partial charge is 0.207 e. The fourth-order valence-electron chi connectivity index (χ4n) is 3.99. The number of rotatable bonds is 2. The molecule has 5 aromatic rings. The van der Waals surface area contributed by atoms with Crippen LogP contribution >= 0.6 is 0 Å². The Morgan fingerprint density at radius 2 is 1.90 bits per heavy atom. The molecular weight excluding hydrogens is 374 g/mol. The molecule has 0 aliphatic heterocycles. The minimum Gasteiger partial charge on any atom is -0.312 e. The summed E-state index contributed by atoms with van der Waals surface area (Å²) in [5, 5.41) is 23.4. The topological polar surface area (TPSA) is 88.2 Å². The number of nitrogens with zero attached hydrogens (tertiary/aromatic N) is 6. The lowest BCUT2D eigenvalue weighted by Crippen LogP contribution is -2.21. The Labute approximate surface area is 172 Å². The molecule has 2 aromatic carbocycles. The van der Waals surface area contributed by atoms with Gasteiger partial charge in [-0.2, -0.15) is 10.4 Å². The maximum Gasteiger partial charge on any atom is 0.207 e. The summed E-state index contributed by atoms with van der Waals surface area (Å²) in [6.07, 6.45) is 3.58. The van der Waals surface area contributed by atoms with Crippen molar-refractivity contribution in [2.24, 2.45) is 14.1 Å². The van der Waals surface area contributed by atoms with Crippen molar-refractivity contribution in [2.75, 3.05) is 0 Å². The van der Waals surface area contributed by atoms with Gasteiger partial charge in [-0.25, -0.2) is 0 Å². The number of nitriles is 1. The van der Waals surface area contributed by atoms with Crippen LogP contribution in [-0.4, -0.2) is 23.9 Å². The van der Waals surface area contributed by atoms with Crippen LogP contribution in [0.15, 0.2) is 54.9 Å². The molecule has 0 spiro atoms. The summed E-state index contributed by atoms with van der Waals surface area (Å²) in [6, 6.07) is 15.9. The first-order valence-corrected chi connectivity index (χ1v) is 9.54. The normalized spacial score (nSPS) is 11.3. The maximum atomic E-state index is 9.40. The summed E-state index contributed by atoms with van der Waals surface area (Å²) in [4.78, 5) is 4.63. The van der Waals surface area contributed by atoms with Crippen molar-refractivity contribution in [3.63, 3.8) is 0 Å². The van der Waals surface area contributed by atoms with Gasteiger partial charge >= 0.3 is 0 Å². The van der Waals surface area contributed by atoms with Crippen LogP contribution in [0.3, 0.4) is 0 Å². The molecule has 0 unspecified atom stereocenters. The number of aryl methyl sites for hydroxylation is 3. The molecule has 0 fully saturated rings. The Kier molecular flexibility index (Phi) is 3.83. The van der Waals surface area contributed by atoms with Crippen LogP contribution in [0, 0.1) is 23.7 Å². The summed E-state index contributed by atoms with van der Waals surface area (Å²) in [5.41, 5.74) is 7.34. The van der Waals surface area contributed by atoms with Crippen molar-refractivity contribution < 1.29 is 0 Å². The molecule has 5 rings (SSSR count). The average molecular weight is 393 g/mol. The third kappa shape index (κ3) is 2.47. The third-order valence-electron chi connectivity index (χ3n) is 5.63. The molecule has 7 heteroatoms. The van der Waals surface area contributed by atoms with E-state index in [9.17, 15) is 5.26 Å². The van der Waals surface area contributed by atoms with Gasteiger partial charge in [-0.1, -0.05) is 12.1 Å². The molecule has 0 radical (unpaired) electrons. The van der Waals surface area contributed by atoms with Crippen LogP contribution < -0.4 is 5.62 Å². The van der Waals surface area contributed by atoms with E-state index < -0.39 is 0 Å². The lowest BCUT2D eigenvalue weighted by molar-refractivity contribution is 0.776. The lowest BCUT2D eigenvalue weighted by Gasteiger charge is -2.11. The molecule has 0 bridgehead atoms. The zero-order valence-electron chi connectivity index (χ0n) is 16.9. The average Bonchev–Trinajstić information content (AvgIpc) is 3.30. The van der Waals surface area contributed by atoms with E-state index in [1.54, 1.807) is 18.5 Å². The standard InChI is InChI=1S/C23H19N7/c1-14-4-5-15(12-24)10-20(14)30-22-17-11-16(19-8-9-27-29(19)3)6-7-18(17)26-13-21(22)28(2)23(30)25/h4-11,13,25H,1-3H3. The van der Waals surface area contributed by atoms with E-state index in [1.807, 2.05) is 65.2 Å². The molecule has 7 nitrogen and oxygen atoms in total. The number of imidazole rings is 1. The molecule has 3 heterocycles. The van der Waals surface area contributed by atoms with Gasteiger partial charge in [0.15, 0.2) is 0 Å². The second-order valence-electron chi connectivity index (χ2n) is 7.40. The number of hydrogen-bond acceptors (Lipinski definition) is 4. The van der Waals surface area contributed by atoms with E-state index in [4.69, 9.17) is 5.41 Å². The molecule has 0 saturated heterocycles. The van der Waals surface area contributed by atoms with Gasteiger partial charge in [-0.15, -0.1) is 0 Å². The Morgan fingerprint density at radius 1 is 1.07 bits per heavy atom. The third-order valence-corrected chi connectivity index (χ3v) is 5.63. The highest BCUT2D eigenvalue weighted by Crippen LogP contribution is 2.30. The van der Waals surface area contributed by atoms with Gasteiger partial charge in [-0.3, -0.25) is 19.6 Å². The Balaban J connectivity index is 1.93.